The van der Waals surface area contributed by atoms with Gasteiger partial charge in [-0.1, -0.05) is 72.8 Å². The molecule has 0 bridgehead atoms. The summed E-state index contributed by atoms with van der Waals surface area (Å²) in [5.41, 5.74) is 0.562. The van der Waals surface area contributed by atoms with E-state index in [0.717, 1.165) is 11.1 Å². The van der Waals surface area contributed by atoms with Gasteiger partial charge in [-0.2, -0.15) is 0 Å². The molecule has 0 aromatic heterocycles. The quantitative estimate of drug-likeness (QED) is 0.649. The molecule has 2 aliphatic heterocycles. The Balaban J connectivity index is 1.43. The summed E-state index contributed by atoms with van der Waals surface area (Å²) in [6, 6.07) is 26.1. The third-order valence-electron chi connectivity index (χ3n) is 5.71. The smallest absolute Gasteiger partial charge is 0.325 e. The summed E-state index contributed by atoms with van der Waals surface area (Å²) in [5.74, 6) is 0.998. The SMILES string of the molecule is O=C1N[C@](Cc2ccccc2)(c2ccccc2)C(=O)N1C[C@H]1COc2ccccc2O1. The molecule has 6 heteroatoms. The zero-order valence-corrected chi connectivity index (χ0v) is 16.9. The van der Waals surface area contributed by atoms with Gasteiger partial charge in [0.1, 0.15) is 6.61 Å². The number of carbonyl (C=O) groups excluding carboxylic acids is 2. The minimum absolute atomic E-state index is 0.113. The number of nitrogens with one attached hydrogen (secondary N) is 1. The molecule has 6 nitrogen and oxygen atoms in total. The Hall–Kier alpha value is -3.80. The van der Waals surface area contributed by atoms with Crippen molar-refractivity contribution in [2.24, 2.45) is 0 Å². The summed E-state index contributed by atoms with van der Waals surface area (Å²) in [5, 5.41) is 2.98. The van der Waals surface area contributed by atoms with E-state index < -0.39 is 17.7 Å². The van der Waals surface area contributed by atoms with Crippen molar-refractivity contribution in [3.8, 4) is 11.5 Å². The van der Waals surface area contributed by atoms with Crippen molar-refractivity contribution < 1.29 is 19.1 Å². The van der Waals surface area contributed by atoms with Crippen LogP contribution >= 0.6 is 0 Å². The van der Waals surface area contributed by atoms with Gasteiger partial charge in [0.15, 0.2) is 23.1 Å². The lowest BCUT2D eigenvalue weighted by Gasteiger charge is -2.30. The Bertz CT molecular complexity index is 1100. The Kier molecular flexibility index (Phi) is 4.82. The van der Waals surface area contributed by atoms with E-state index in [-0.39, 0.29) is 19.1 Å². The third kappa shape index (κ3) is 3.50. The first-order valence-electron chi connectivity index (χ1n) is 10.3. The van der Waals surface area contributed by atoms with Crippen LogP contribution in [-0.2, 0) is 16.8 Å². The minimum Gasteiger partial charge on any atom is -0.486 e. The second kappa shape index (κ2) is 7.80. The summed E-state index contributed by atoms with van der Waals surface area (Å²) in [6.45, 7) is 0.382. The van der Waals surface area contributed by atoms with Gasteiger partial charge in [0, 0.05) is 6.42 Å². The second-order valence-electron chi connectivity index (χ2n) is 7.78. The standard InChI is InChI=1S/C25H22N2O4/c28-23-25(19-11-5-2-6-12-19,15-18-9-3-1-4-10-18)26-24(29)27(23)16-20-17-30-21-13-7-8-14-22(21)31-20/h1-14,20H,15-17H2,(H,26,29)/t20-,25+/m0/s1. The first-order chi connectivity index (χ1) is 15.2. The van der Waals surface area contributed by atoms with E-state index in [2.05, 4.69) is 5.32 Å². The number of nitrogens with zero attached hydrogens (tertiary/aromatic N) is 1. The number of imide groups is 1. The Labute approximate surface area is 180 Å². The molecule has 156 valence electrons. The highest BCUT2D eigenvalue weighted by Crippen LogP contribution is 2.35. The summed E-state index contributed by atoms with van der Waals surface area (Å²) in [7, 11) is 0. The molecular weight excluding hydrogens is 392 g/mol. The number of carbonyl (C=O) groups is 2. The van der Waals surface area contributed by atoms with E-state index in [1.807, 2.05) is 84.9 Å². The number of urea groups is 1. The highest BCUT2D eigenvalue weighted by molar-refractivity contribution is 6.07. The van der Waals surface area contributed by atoms with Gasteiger partial charge in [-0.25, -0.2) is 4.79 Å². The van der Waals surface area contributed by atoms with Gasteiger partial charge in [-0.05, 0) is 23.3 Å². The molecule has 1 fully saturated rings. The first-order valence-corrected chi connectivity index (χ1v) is 10.3. The van der Waals surface area contributed by atoms with Crippen molar-refractivity contribution in [3.63, 3.8) is 0 Å². The molecule has 2 heterocycles. The molecule has 3 aromatic carbocycles. The summed E-state index contributed by atoms with van der Waals surface area (Å²) < 4.78 is 11.7. The molecule has 5 rings (SSSR count). The normalized spacial score (nSPS) is 22.3. The van der Waals surface area contributed by atoms with Crippen LogP contribution in [-0.4, -0.2) is 36.1 Å². The van der Waals surface area contributed by atoms with E-state index in [9.17, 15) is 9.59 Å². The van der Waals surface area contributed by atoms with E-state index in [4.69, 9.17) is 9.47 Å². The number of benzene rings is 3. The number of fused-ring (bicyclic) bond motifs is 1. The van der Waals surface area contributed by atoms with Gasteiger partial charge in [-0.3, -0.25) is 9.69 Å². The number of hydrogen-bond donors (Lipinski definition) is 1. The molecule has 3 amide bonds. The molecule has 2 aliphatic rings. The molecular formula is C25H22N2O4. The second-order valence-corrected chi connectivity index (χ2v) is 7.78. The molecule has 1 N–H and O–H groups in total. The van der Waals surface area contributed by atoms with Crippen LogP contribution in [0, 0.1) is 0 Å². The highest BCUT2D eigenvalue weighted by atomic mass is 16.6. The van der Waals surface area contributed by atoms with Crippen LogP contribution in [0.5, 0.6) is 11.5 Å². The Morgan fingerprint density at radius 2 is 1.52 bits per heavy atom. The van der Waals surface area contributed by atoms with Gasteiger partial charge < -0.3 is 14.8 Å². The average molecular weight is 414 g/mol. The highest BCUT2D eigenvalue weighted by Gasteiger charge is 2.53. The number of para-hydroxylation sites is 2. The molecule has 1 saturated heterocycles. The monoisotopic (exact) mass is 414 g/mol. The van der Waals surface area contributed by atoms with E-state index in [0.29, 0.717) is 17.9 Å². The molecule has 31 heavy (non-hydrogen) atoms. The molecule has 0 saturated carbocycles. The predicted molar refractivity (Wildman–Crippen MR) is 115 cm³/mol. The zero-order chi connectivity index (χ0) is 21.3. The minimum atomic E-state index is -1.16. The first kappa shape index (κ1) is 19.2. The van der Waals surface area contributed by atoms with Gasteiger partial charge in [-0.15, -0.1) is 0 Å². The van der Waals surface area contributed by atoms with Crippen LogP contribution in [0.2, 0.25) is 0 Å². The van der Waals surface area contributed by atoms with Crippen molar-refractivity contribution in [2.45, 2.75) is 18.1 Å². The average Bonchev–Trinajstić information content (AvgIpc) is 3.05. The molecule has 0 unspecified atom stereocenters. The lowest BCUT2D eigenvalue weighted by atomic mass is 9.83. The summed E-state index contributed by atoms with van der Waals surface area (Å²) >= 11 is 0. The number of hydrogen-bond acceptors (Lipinski definition) is 4. The van der Waals surface area contributed by atoms with Crippen molar-refractivity contribution in [2.75, 3.05) is 13.2 Å². The third-order valence-corrected chi connectivity index (χ3v) is 5.71. The van der Waals surface area contributed by atoms with Crippen molar-refractivity contribution >= 4 is 11.9 Å². The maximum absolute atomic E-state index is 13.7. The van der Waals surface area contributed by atoms with Crippen LogP contribution < -0.4 is 14.8 Å². The number of amides is 3. The van der Waals surface area contributed by atoms with E-state index in [1.54, 1.807) is 0 Å². The van der Waals surface area contributed by atoms with Gasteiger partial charge in [0.05, 0.1) is 6.54 Å². The fraction of sp³-hybridized carbons (Fsp3) is 0.200. The van der Waals surface area contributed by atoms with Crippen LogP contribution in [0.4, 0.5) is 4.79 Å². The Morgan fingerprint density at radius 1 is 0.871 bits per heavy atom. The van der Waals surface area contributed by atoms with E-state index in [1.165, 1.54) is 4.90 Å². The van der Waals surface area contributed by atoms with Gasteiger partial charge >= 0.3 is 6.03 Å². The van der Waals surface area contributed by atoms with Crippen LogP contribution in [0.25, 0.3) is 0 Å². The van der Waals surface area contributed by atoms with Crippen LogP contribution in [0.1, 0.15) is 11.1 Å². The maximum Gasteiger partial charge on any atom is 0.325 e. The largest absolute Gasteiger partial charge is 0.486 e. The predicted octanol–water partition coefficient (Wildman–Crippen LogP) is 3.52. The zero-order valence-electron chi connectivity index (χ0n) is 16.9. The maximum atomic E-state index is 13.7. The fourth-order valence-electron chi connectivity index (χ4n) is 4.19. The molecule has 2 atom stereocenters. The number of rotatable bonds is 5. The topological polar surface area (TPSA) is 67.9 Å². The number of ether oxygens (including phenoxy) is 2. The molecule has 0 spiro atoms. The summed E-state index contributed by atoms with van der Waals surface area (Å²) in [6.07, 6.45) is -0.0723. The molecule has 0 radical (unpaired) electrons. The molecule has 3 aromatic rings. The van der Waals surface area contributed by atoms with Gasteiger partial charge in [0.2, 0.25) is 0 Å². The van der Waals surface area contributed by atoms with Crippen molar-refractivity contribution in [1.29, 1.82) is 0 Å². The molecule has 0 aliphatic carbocycles. The van der Waals surface area contributed by atoms with Crippen LogP contribution in [0.15, 0.2) is 84.9 Å². The van der Waals surface area contributed by atoms with E-state index >= 15 is 0 Å². The van der Waals surface area contributed by atoms with Crippen molar-refractivity contribution in [1.82, 2.24) is 10.2 Å². The lowest BCUT2D eigenvalue weighted by Crippen LogP contribution is -2.47. The Morgan fingerprint density at radius 3 is 2.26 bits per heavy atom. The lowest BCUT2D eigenvalue weighted by molar-refractivity contribution is -0.132. The van der Waals surface area contributed by atoms with Gasteiger partial charge in [0.25, 0.3) is 5.91 Å². The summed E-state index contributed by atoms with van der Waals surface area (Å²) in [4.78, 5) is 27.9. The van der Waals surface area contributed by atoms with Crippen molar-refractivity contribution in [3.05, 3.63) is 96.1 Å². The van der Waals surface area contributed by atoms with Crippen LogP contribution in [0.3, 0.4) is 0 Å². The fourth-order valence-corrected chi connectivity index (χ4v) is 4.19.